The summed E-state index contributed by atoms with van der Waals surface area (Å²) in [6, 6.07) is 13.6. The molecule has 0 spiro atoms. The first-order chi connectivity index (χ1) is 11.1. The molecule has 1 aliphatic rings. The van der Waals surface area contributed by atoms with E-state index in [9.17, 15) is 9.59 Å². The number of rotatable bonds is 4. The molecule has 0 aromatic heterocycles. The molecule has 1 fully saturated rings. The van der Waals surface area contributed by atoms with Gasteiger partial charge in [0.05, 0.1) is 5.92 Å². The second kappa shape index (κ2) is 6.69. The average Bonchev–Trinajstić information content (AvgIpc) is 2.59. The lowest BCUT2D eigenvalue weighted by Crippen LogP contribution is -2.44. The van der Waals surface area contributed by atoms with Crippen molar-refractivity contribution in [3.63, 3.8) is 0 Å². The molecule has 1 saturated heterocycles. The van der Waals surface area contributed by atoms with Crippen LogP contribution < -0.4 is 4.74 Å². The Morgan fingerprint density at radius 1 is 1.17 bits per heavy atom. The normalized spacial score (nSPS) is 17.9. The molecule has 5 heteroatoms. The molecule has 1 aliphatic heterocycles. The summed E-state index contributed by atoms with van der Waals surface area (Å²) >= 11 is 0. The Kier molecular flexibility index (Phi) is 4.46. The van der Waals surface area contributed by atoms with Crippen molar-refractivity contribution in [1.82, 2.24) is 4.90 Å². The second-order valence-corrected chi connectivity index (χ2v) is 5.78. The molecule has 2 aromatic carbocycles. The van der Waals surface area contributed by atoms with Crippen LogP contribution in [0.5, 0.6) is 5.75 Å². The molecule has 120 valence electrons. The molecule has 5 nitrogen and oxygen atoms in total. The van der Waals surface area contributed by atoms with E-state index in [2.05, 4.69) is 0 Å². The molecule has 2 aromatic rings. The number of benzene rings is 2. The number of likely N-dealkylation sites (tertiary alicyclic amines) is 1. The van der Waals surface area contributed by atoms with Crippen LogP contribution in [-0.2, 0) is 9.59 Å². The van der Waals surface area contributed by atoms with E-state index in [0.29, 0.717) is 18.7 Å². The predicted octanol–water partition coefficient (Wildman–Crippen LogP) is 2.54. The first-order valence-electron chi connectivity index (χ1n) is 7.76. The largest absolute Gasteiger partial charge is 0.483 e. The molecule has 1 amide bonds. The number of carbonyl (C=O) groups excluding carboxylic acids is 1. The van der Waals surface area contributed by atoms with Gasteiger partial charge in [-0.15, -0.1) is 0 Å². The lowest BCUT2D eigenvalue weighted by atomic mass is 9.98. The molecule has 23 heavy (non-hydrogen) atoms. The third-order valence-electron chi connectivity index (χ3n) is 4.22. The standard InChI is InChI=1S/C18H19NO4/c20-17(19-10-4-7-14(11-19)18(21)22)12-23-16-9-3-6-13-5-1-2-8-15(13)16/h1-3,5-6,8-9,14H,4,7,10-12H2,(H,21,22). The van der Waals surface area contributed by atoms with E-state index in [4.69, 9.17) is 9.84 Å². The van der Waals surface area contributed by atoms with Crippen LogP contribution in [-0.4, -0.2) is 41.6 Å². The van der Waals surface area contributed by atoms with Crippen LogP contribution in [0, 0.1) is 5.92 Å². The van der Waals surface area contributed by atoms with E-state index in [1.165, 1.54) is 0 Å². The van der Waals surface area contributed by atoms with Crippen molar-refractivity contribution >= 4 is 22.6 Å². The zero-order chi connectivity index (χ0) is 16.2. The molecule has 1 heterocycles. The highest BCUT2D eigenvalue weighted by Gasteiger charge is 2.28. The lowest BCUT2D eigenvalue weighted by molar-refractivity contribution is -0.146. The summed E-state index contributed by atoms with van der Waals surface area (Å²) in [5.41, 5.74) is 0. The Bertz CT molecular complexity index is 723. The number of piperidine rings is 1. The fourth-order valence-electron chi connectivity index (χ4n) is 2.96. The Morgan fingerprint density at radius 3 is 2.78 bits per heavy atom. The minimum absolute atomic E-state index is 0.0691. The van der Waals surface area contributed by atoms with Crippen molar-refractivity contribution in [2.45, 2.75) is 12.8 Å². The molecule has 0 radical (unpaired) electrons. The second-order valence-electron chi connectivity index (χ2n) is 5.78. The predicted molar refractivity (Wildman–Crippen MR) is 86.4 cm³/mol. The van der Waals surface area contributed by atoms with Crippen LogP contribution >= 0.6 is 0 Å². The smallest absolute Gasteiger partial charge is 0.308 e. The Balaban J connectivity index is 1.65. The van der Waals surface area contributed by atoms with Gasteiger partial charge >= 0.3 is 5.97 Å². The first-order valence-corrected chi connectivity index (χ1v) is 7.76. The highest BCUT2D eigenvalue weighted by Crippen LogP contribution is 2.25. The van der Waals surface area contributed by atoms with Gasteiger partial charge in [-0.2, -0.15) is 0 Å². The van der Waals surface area contributed by atoms with Gasteiger partial charge in [0.25, 0.3) is 5.91 Å². The fourth-order valence-corrected chi connectivity index (χ4v) is 2.96. The van der Waals surface area contributed by atoms with Crippen molar-refractivity contribution in [2.24, 2.45) is 5.92 Å². The van der Waals surface area contributed by atoms with Crippen molar-refractivity contribution < 1.29 is 19.4 Å². The number of fused-ring (bicyclic) bond motifs is 1. The number of carboxylic acids is 1. The molecule has 1 atom stereocenters. The minimum atomic E-state index is -0.836. The summed E-state index contributed by atoms with van der Waals surface area (Å²) in [5, 5.41) is 11.1. The van der Waals surface area contributed by atoms with E-state index in [-0.39, 0.29) is 19.1 Å². The number of hydrogen-bond acceptors (Lipinski definition) is 3. The summed E-state index contributed by atoms with van der Waals surface area (Å²) < 4.78 is 5.69. The Morgan fingerprint density at radius 2 is 1.96 bits per heavy atom. The zero-order valence-corrected chi connectivity index (χ0v) is 12.8. The van der Waals surface area contributed by atoms with Gasteiger partial charge in [0, 0.05) is 18.5 Å². The van der Waals surface area contributed by atoms with Crippen LogP contribution in [0.25, 0.3) is 10.8 Å². The van der Waals surface area contributed by atoms with Crippen molar-refractivity contribution in [1.29, 1.82) is 0 Å². The van der Waals surface area contributed by atoms with Crippen molar-refractivity contribution in [3.05, 3.63) is 42.5 Å². The number of amides is 1. The molecule has 1 N–H and O–H groups in total. The zero-order valence-electron chi connectivity index (χ0n) is 12.8. The SMILES string of the molecule is O=C(O)C1CCCN(C(=O)COc2cccc3ccccc23)C1. The van der Waals surface area contributed by atoms with Crippen LogP contribution in [0.2, 0.25) is 0 Å². The molecule has 3 rings (SSSR count). The maximum Gasteiger partial charge on any atom is 0.308 e. The molecule has 0 saturated carbocycles. The van der Waals surface area contributed by atoms with Gasteiger partial charge in [0.2, 0.25) is 0 Å². The van der Waals surface area contributed by atoms with E-state index in [1.54, 1.807) is 4.90 Å². The van der Waals surface area contributed by atoms with Gasteiger partial charge in [-0.05, 0) is 24.3 Å². The van der Waals surface area contributed by atoms with Gasteiger partial charge < -0.3 is 14.7 Å². The van der Waals surface area contributed by atoms with Gasteiger partial charge in [-0.3, -0.25) is 9.59 Å². The van der Waals surface area contributed by atoms with Crippen LogP contribution in [0.15, 0.2) is 42.5 Å². The highest BCUT2D eigenvalue weighted by molar-refractivity contribution is 5.88. The first kappa shape index (κ1) is 15.3. The van der Waals surface area contributed by atoms with Gasteiger partial charge in [-0.25, -0.2) is 0 Å². The number of carboxylic acid groups (broad SMARTS) is 1. The van der Waals surface area contributed by atoms with E-state index < -0.39 is 11.9 Å². The summed E-state index contributed by atoms with van der Waals surface area (Å²) in [5.74, 6) is -0.796. The molecule has 1 unspecified atom stereocenters. The third-order valence-corrected chi connectivity index (χ3v) is 4.22. The van der Waals surface area contributed by atoms with Crippen molar-refractivity contribution in [2.75, 3.05) is 19.7 Å². The number of ether oxygens (including phenoxy) is 1. The maximum absolute atomic E-state index is 12.3. The van der Waals surface area contributed by atoms with Gasteiger partial charge in [-0.1, -0.05) is 36.4 Å². The van der Waals surface area contributed by atoms with Crippen LogP contribution in [0.4, 0.5) is 0 Å². The fraction of sp³-hybridized carbons (Fsp3) is 0.333. The molecule has 0 aliphatic carbocycles. The molecular formula is C18H19NO4. The Labute approximate surface area is 134 Å². The average molecular weight is 313 g/mol. The lowest BCUT2D eigenvalue weighted by Gasteiger charge is -2.30. The highest BCUT2D eigenvalue weighted by atomic mass is 16.5. The quantitative estimate of drug-likeness (QED) is 0.942. The Hall–Kier alpha value is -2.56. The third kappa shape index (κ3) is 3.44. The van der Waals surface area contributed by atoms with Gasteiger partial charge in [0.1, 0.15) is 5.75 Å². The van der Waals surface area contributed by atoms with Crippen LogP contribution in [0.3, 0.4) is 0 Å². The number of carbonyl (C=O) groups is 2. The van der Waals surface area contributed by atoms with Crippen LogP contribution in [0.1, 0.15) is 12.8 Å². The number of aliphatic carboxylic acids is 1. The minimum Gasteiger partial charge on any atom is -0.483 e. The summed E-state index contributed by atoms with van der Waals surface area (Å²) in [4.78, 5) is 25.0. The van der Waals surface area contributed by atoms with E-state index in [1.807, 2.05) is 42.5 Å². The van der Waals surface area contributed by atoms with E-state index >= 15 is 0 Å². The molecule has 0 bridgehead atoms. The maximum atomic E-state index is 12.3. The van der Waals surface area contributed by atoms with Crippen molar-refractivity contribution in [3.8, 4) is 5.75 Å². The summed E-state index contributed by atoms with van der Waals surface area (Å²) in [7, 11) is 0. The monoisotopic (exact) mass is 313 g/mol. The summed E-state index contributed by atoms with van der Waals surface area (Å²) in [6.45, 7) is 0.801. The topological polar surface area (TPSA) is 66.8 Å². The number of hydrogen-bond donors (Lipinski definition) is 1. The van der Waals surface area contributed by atoms with E-state index in [0.717, 1.165) is 17.2 Å². The summed E-state index contributed by atoms with van der Waals surface area (Å²) in [6.07, 6.45) is 1.35. The molecular weight excluding hydrogens is 294 g/mol. The van der Waals surface area contributed by atoms with Gasteiger partial charge in [0.15, 0.2) is 6.61 Å². The number of nitrogens with zero attached hydrogens (tertiary/aromatic N) is 1.